The van der Waals surface area contributed by atoms with Crippen LogP contribution in [0.4, 0.5) is 0 Å². The van der Waals surface area contributed by atoms with Crippen molar-refractivity contribution < 1.29 is 14.6 Å². The summed E-state index contributed by atoms with van der Waals surface area (Å²) in [5.74, 6) is -0.769. The molecule has 3 aromatic rings. The van der Waals surface area contributed by atoms with Crippen LogP contribution in [0.5, 0.6) is 5.75 Å². The van der Waals surface area contributed by atoms with Gasteiger partial charge >= 0.3 is 5.97 Å². The number of methoxy groups -OCH3 is 1. The summed E-state index contributed by atoms with van der Waals surface area (Å²) in [6.45, 7) is 0. The Morgan fingerprint density at radius 3 is 2.24 bits per heavy atom. The van der Waals surface area contributed by atoms with E-state index in [-0.39, 0.29) is 4.88 Å². The van der Waals surface area contributed by atoms with Gasteiger partial charge in [0.15, 0.2) is 10.6 Å². The molecule has 128 valence electrons. The van der Waals surface area contributed by atoms with Crippen LogP contribution in [-0.4, -0.2) is 18.2 Å². The standard InChI is InChI=1S/C18H11Cl3O3S/c1-24-15-14(9-2-4-10(19)5-3-9)16(25-17(15)18(22)23)12-7-6-11(20)8-13(12)21/h2-8H,1H3,(H,22,23). The second-order valence-corrected chi connectivity index (χ2v) is 7.41. The third-order valence-corrected chi connectivity index (χ3v) is 5.56. The second-order valence-electron chi connectivity index (χ2n) is 5.10. The van der Waals surface area contributed by atoms with Gasteiger partial charge in [0.2, 0.25) is 0 Å². The fourth-order valence-corrected chi connectivity index (χ4v) is 4.35. The first-order valence-electron chi connectivity index (χ1n) is 7.07. The molecule has 0 spiro atoms. The molecule has 2 aromatic carbocycles. The Morgan fingerprint density at radius 2 is 1.68 bits per heavy atom. The molecule has 0 aliphatic carbocycles. The summed E-state index contributed by atoms with van der Waals surface area (Å²) in [6, 6.07) is 12.2. The molecule has 0 radical (unpaired) electrons. The van der Waals surface area contributed by atoms with Crippen molar-refractivity contribution in [2.45, 2.75) is 0 Å². The molecule has 0 fully saturated rings. The zero-order valence-corrected chi connectivity index (χ0v) is 15.9. The van der Waals surface area contributed by atoms with E-state index in [1.807, 2.05) is 12.1 Å². The lowest BCUT2D eigenvalue weighted by molar-refractivity contribution is 0.0699. The number of thiophene rings is 1. The van der Waals surface area contributed by atoms with Crippen LogP contribution in [0.2, 0.25) is 15.1 Å². The van der Waals surface area contributed by atoms with Crippen molar-refractivity contribution in [2.75, 3.05) is 7.11 Å². The number of carboxylic acid groups (broad SMARTS) is 1. The zero-order valence-electron chi connectivity index (χ0n) is 12.8. The van der Waals surface area contributed by atoms with Crippen LogP contribution in [0.15, 0.2) is 42.5 Å². The first kappa shape index (κ1) is 18.1. The smallest absolute Gasteiger partial charge is 0.349 e. The minimum Gasteiger partial charge on any atom is -0.494 e. The van der Waals surface area contributed by atoms with Crippen molar-refractivity contribution in [3.8, 4) is 27.3 Å². The van der Waals surface area contributed by atoms with Crippen molar-refractivity contribution in [3.63, 3.8) is 0 Å². The molecule has 1 heterocycles. The van der Waals surface area contributed by atoms with E-state index in [0.717, 1.165) is 16.9 Å². The van der Waals surface area contributed by atoms with E-state index < -0.39 is 5.97 Å². The number of carboxylic acids is 1. The maximum atomic E-state index is 11.7. The van der Waals surface area contributed by atoms with Crippen LogP contribution < -0.4 is 4.74 Å². The molecule has 1 N–H and O–H groups in total. The lowest BCUT2D eigenvalue weighted by atomic mass is 10.0. The second kappa shape index (κ2) is 7.26. The third-order valence-electron chi connectivity index (χ3n) is 3.57. The van der Waals surface area contributed by atoms with Crippen LogP contribution in [-0.2, 0) is 0 Å². The van der Waals surface area contributed by atoms with Gasteiger partial charge in [-0.3, -0.25) is 0 Å². The minimum absolute atomic E-state index is 0.105. The molecule has 0 unspecified atom stereocenters. The maximum absolute atomic E-state index is 11.7. The number of rotatable bonds is 4. The van der Waals surface area contributed by atoms with Crippen LogP contribution >= 0.6 is 46.1 Å². The molecule has 0 saturated carbocycles. The van der Waals surface area contributed by atoms with Gasteiger partial charge in [0.1, 0.15) is 0 Å². The lowest BCUT2D eigenvalue weighted by Gasteiger charge is -2.09. The van der Waals surface area contributed by atoms with Crippen molar-refractivity contribution in [1.29, 1.82) is 0 Å². The fourth-order valence-electron chi connectivity index (χ4n) is 2.49. The fraction of sp³-hybridized carbons (Fsp3) is 0.0556. The Bertz CT molecular complexity index is 949. The van der Waals surface area contributed by atoms with Crippen molar-refractivity contribution >= 4 is 52.1 Å². The molecule has 0 amide bonds. The Hall–Kier alpha value is -1.72. The van der Waals surface area contributed by atoms with Crippen molar-refractivity contribution in [3.05, 3.63) is 62.4 Å². The molecule has 7 heteroatoms. The topological polar surface area (TPSA) is 46.5 Å². The highest BCUT2D eigenvalue weighted by molar-refractivity contribution is 7.18. The molecule has 3 nitrogen and oxygen atoms in total. The molecule has 25 heavy (non-hydrogen) atoms. The number of hydrogen-bond donors (Lipinski definition) is 1. The van der Waals surface area contributed by atoms with E-state index >= 15 is 0 Å². The third kappa shape index (κ3) is 3.48. The van der Waals surface area contributed by atoms with E-state index in [9.17, 15) is 9.90 Å². The summed E-state index contributed by atoms with van der Waals surface area (Å²) in [4.78, 5) is 12.5. The molecule has 1 aromatic heterocycles. The highest BCUT2D eigenvalue weighted by atomic mass is 35.5. The quantitative estimate of drug-likeness (QED) is 0.514. The first-order valence-corrected chi connectivity index (χ1v) is 9.03. The number of ether oxygens (including phenoxy) is 1. The van der Waals surface area contributed by atoms with E-state index in [0.29, 0.717) is 36.8 Å². The largest absolute Gasteiger partial charge is 0.494 e. The number of aromatic carboxylic acids is 1. The number of halogens is 3. The molecule has 0 aliphatic rings. The van der Waals surface area contributed by atoms with Gasteiger partial charge in [-0.05, 0) is 29.8 Å². The normalized spacial score (nSPS) is 10.7. The maximum Gasteiger partial charge on any atom is 0.349 e. The number of hydrogen-bond acceptors (Lipinski definition) is 3. The minimum atomic E-state index is -1.06. The highest BCUT2D eigenvalue weighted by Gasteiger charge is 2.26. The van der Waals surface area contributed by atoms with Gasteiger partial charge < -0.3 is 9.84 Å². The summed E-state index contributed by atoms with van der Waals surface area (Å²) in [7, 11) is 1.45. The summed E-state index contributed by atoms with van der Waals surface area (Å²) in [5, 5.41) is 11.1. The molecular weight excluding hydrogens is 403 g/mol. The summed E-state index contributed by atoms with van der Waals surface area (Å²) in [6.07, 6.45) is 0. The Balaban J connectivity index is 2.34. The van der Waals surface area contributed by atoms with Crippen LogP contribution in [0.25, 0.3) is 21.6 Å². The zero-order chi connectivity index (χ0) is 18.1. The van der Waals surface area contributed by atoms with Gasteiger partial charge in [-0.25, -0.2) is 4.79 Å². The van der Waals surface area contributed by atoms with Crippen molar-refractivity contribution in [2.24, 2.45) is 0 Å². The lowest BCUT2D eigenvalue weighted by Crippen LogP contribution is -1.96. The van der Waals surface area contributed by atoms with Gasteiger partial charge in [0.05, 0.1) is 12.1 Å². The van der Waals surface area contributed by atoms with Crippen LogP contribution in [0.1, 0.15) is 9.67 Å². The van der Waals surface area contributed by atoms with Crippen LogP contribution in [0, 0.1) is 0 Å². The van der Waals surface area contributed by atoms with Crippen LogP contribution in [0.3, 0.4) is 0 Å². The predicted molar refractivity (Wildman–Crippen MR) is 104 cm³/mol. The molecular formula is C18H11Cl3O3S. The number of benzene rings is 2. The average Bonchev–Trinajstić information content (AvgIpc) is 2.95. The van der Waals surface area contributed by atoms with Gasteiger partial charge in [0.25, 0.3) is 0 Å². The average molecular weight is 414 g/mol. The molecule has 0 atom stereocenters. The highest BCUT2D eigenvalue weighted by Crippen LogP contribution is 2.49. The first-order chi connectivity index (χ1) is 11.9. The summed E-state index contributed by atoms with van der Waals surface area (Å²) in [5.41, 5.74) is 2.13. The molecule has 0 saturated heterocycles. The summed E-state index contributed by atoms with van der Waals surface area (Å²) < 4.78 is 5.42. The number of carbonyl (C=O) groups is 1. The molecule has 0 bridgehead atoms. The van der Waals surface area contributed by atoms with E-state index in [1.165, 1.54) is 7.11 Å². The van der Waals surface area contributed by atoms with Gasteiger partial charge in [0, 0.05) is 26.0 Å². The Morgan fingerprint density at radius 1 is 1.04 bits per heavy atom. The Kier molecular flexibility index (Phi) is 5.25. The van der Waals surface area contributed by atoms with E-state index in [1.54, 1.807) is 30.3 Å². The monoisotopic (exact) mass is 412 g/mol. The predicted octanol–water partition coefficient (Wildman–Crippen LogP) is 6.75. The molecule has 3 rings (SSSR count). The molecule has 0 aliphatic heterocycles. The van der Waals surface area contributed by atoms with E-state index in [2.05, 4.69) is 0 Å². The van der Waals surface area contributed by atoms with Gasteiger partial charge in [-0.15, -0.1) is 11.3 Å². The van der Waals surface area contributed by atoms with Gasteiger partial charge in [-0.2, -0.15) is 0 Å². The van der Waals surface area contributed by atoms with E-state index in [4.69, 9.17) is 39.5 Å². The van der Waals surface area contributed by atoms with Gasteiger partial charge in [-0.1, -0.05) is 53.0 Å². The Labute approximate surface area is 163 Å². The summed E-state index contributed by atoms with van der Waals surface area (Å²) >= 11 is 19.4. The van der Waals surface area contributed by atoms with Crippen molar-refractivity contribution in [1.82, 2.24) is 0 Å². The SMILES string of the molecule is COc1c(C(=O)O)sc(-c2ccc(Cl)cc2Cl)c1-c1ccc(Cl)cc1.